The van der Waals surface area contributed by atoms with E-state index in [-0.39, 0.29) is 6.61 Å². The third-order valence-electron chi connectivity index (χ3n) is 2.07. The normalized spacial score (nSPS) is 9.89. The third-order valence-corrected chi connectivity index (χ3v) is 2.07. The second kappa shape index (κ2) is 7.41. The first-order chi connectivity index (χ1) is 8.63. The Hall–Kier alpha value is -1.92. The Morgan fingerprint density at radius 3 is 2.39 bits per heavy atom. The molecule has 0 bridgehead atoms. The molecule has 6 nitrogen and oxygen atoms in total. The topological polar surface area (TPSA) is 76.7 Å². The zero-order chi connectivity index (χ0) is 13.4. The maximum absolute atomic E-state index is 11.4. The molecule has 2 amide bonds. The lowest BCUT2D eigenvalue weighted by atomic mass is 10.2. The van der Waals surface area contributed by atoms with E-state index in [9.17, 15) is 9.59 Å². The summed E-state index contributed by atoms with van der Waals surface area (Å²) in [6.07, 6.45) is 0. The summed E-state index contributed by atoms with van der Waals surface area (Å²) < 4.78 is 4.71. The van der Waals surface area contributed by atoms with Crippen LogP contribution in [0.25, 0.3) is 0 Å². The van der Waals surface area contributed by atoms with Crippen LogP contribution < -0.4 is 10.8 Å². The van der Waals surface area contributed by atoms with Crippen molar-refractivity contribution >= 4 is 17.5 Å². The lowest BCUT2D eigenvalue weighted by molar-refractivity contribution is -0.145. The zero-order valence-electron chi connectivity index (χ0n) is 10.4. The van der Waals surface area contributed by atoms with Gasteiger partial charge in [0.2, 0.25) is 0 Å². The number of hydroxylamine groups is 1. The highest BCUT2D eigenvalue weighted by Gasteiger charge is 2.13. The molecule has 98 valence electrons. The van der Waals surface area contributed by atoms with Crippen LogP contribution >= 0.6 is 0 Å². The van der Waals surface area contributed by atoms with E-state index in [0.717, 1.165) is 5.56 Å². The first-order valence-corrected chi connectivity index (χ1v) is 5.42. The number of ether oxygens (including phenoxy) is 1. The van der Waals surface area contributed by atoms with Crippen LogP contribution in [0.5, 0.6) is 0 Å². The van der Waals surface area contributed by atoms with Crippen molar-refractivity contribution in [2.75, 3.05) is 25.6 Å². The van der Waals surface area contributed by atoms with Crippen LogP contribution in [0.4, 0.5) is 5.69 Å². The van der Waals surface area contributed by atoms with Gasteiger partial charge >= 0.3 is 11.8 Å². The lowest BCUT2D eigenvalue weighted by Crippen LogP contribution is -2.36. The van der Waals surface area contributed by atoms with E-state index in [1.165, 1.54) is 7.11 Å². The van der Waals surface area contributed by atoms with Gasteiger partial charge in [0.15, 0.2) is 0 Å². The standard InChI is InChI=1S/C12H16N2O4/c1-9-3-5-10(6-4-9)13-11(15)12(16)14-18-8-7-17-2/h3-6H,7-8H2,1-2H3,(H,13,15)(H,14,16). The molecule has 0 aliphatic rings. The number of rotatable bonds is 5. The Balaban J connectivity index is 2.35. The number of carbonyl (C=O) groups excluding carboxylic acids is 2. The molecule has 18 heavy (non-hydrogen) atoms. The molecular weight excluding hydrogens is 236 g/mol. The summed E-state index contributed by atoms with van der Waals surface area (Å²) in [5.74, 6) is -1.64. The molecule has 6 heteroatoms. The number of aryl methyl sites for hydroxylation is 1. The summed E-state index contributed by atoms with van der Waals surface area (Å²) in [7, 11) is 1.51. The molecule has 2 N–H and O–H groups in total. The summed E-state index contributed by atoms with van der Waals surface area (Å²) in [4.78, 5) is 27.4. The van der Waals surface area contributed by atoms with Crippen molar-refractivity contribution in [2.45, 2.75) is 6.92 Å². The van der Waals surface area contributed by atoms with Crippen molar-refractivity contribution in [3.63, 3.8) is 0 Å². The summed E-state index contributed by atoms with van der Waals surface area (Å²) >= 11 is 0. The first kappa shape index (κ1) is 14.1. The van der Waals surface area contributed by atoms with Gasteiger partial charge in [0, 0.05) is 12.8 Å². The molecule has 0 heterocycles. The number of hydrogen-bond donors (Lipinski definition) is 2. The van der Waals surface area contributed by atoms with Gasteiger partial charge in [-0.3, -0.25) is 14.4 Å². The molecule has 0 aromatic heterocycles. The molecule has 1 aromatic carbocycles. The molecule has 0 saturated carbocycles. The molecule has 1 rings (SSSR count). The Morgan fingerprint density at radius 1 is 1.11 bits per heavy atom. The van der Waals surface area contributed by atoms with E-state index >= 15 is 0 Å². The first-order valence-electron chi connectivity index (χ1n) is 5.42. The number of amides is 2. The maximum atomic E-state index is 11.4. The molecule has 0 saturated heterocycles. The van der Waals surface area contributed by atoms with Gasteiger partial charge in [0.05, 0.1) is 13.2 Å². The average molecular weight is 252 g/mol. The molecule has 0 unspecified atom stereocenters. The summed E-state index contributed by atoms with van der Waals surface area (Å²) in [6.45, 7) is 2.45. The van der Waals surface area contributed by atoms with Crippen LogP contribution in [-0.4, -0.2) is 32.1 Å². The van der Waals surface area contributed by atoms with Crippen molar-refractivity contribution < 1.29 is 19.2 Å². The molecule has 0 radical (unpaired) electrons. The van der Waals surface area contributed by atoms with Gasteiger partial charge in [0.25, 0.3) is 0 Å². The second-order valence-corrected chi connectivity index (χ2v) is 3.59. The van der Waals surface area contributed by atoms with Gasteiger partial charge < -0.3 is 10.1 Å². The van der Waals surface area contributed by atoms with E-state index < -0.39 is 11.8 Å². The van der Waals surface area contributed by atoms with E-state index in [1.807, 2.05) is 24.5 Å². The molecule has 0 aliphatic heterocycles. The number of benzene rings is 1. The predicted octanol–water partition coefficient (Wildman–Crippen LogP) is 0.628. The fourth-order valence-electron chi connectivity index (χ4n) is 1.11. The third kappa shape index (κ3) is 4.94. The summed E-state index contributed by atoms with van der Waals surface area (Å²) in [5, 5.41) is 2.45. The largest absolute Gasteiger partial charge is 0.382 e. The lowest BCUT2D eigenvalue weighted by Gasteiger charge is -2.06. The minimum absolute atomic E-state index is 0.181. The fraction of sp³-hybridized carbons (Fsp3) is 0.333. The number of methoxy groups -OCH3 is 1. The molecule has 1 aromatic rings. The number of carbonyl (C=O) groups is 2. The van der Waals surface area contributed by atoms with Gasteiger partial charge in [-0.25, -0.2) is 5.48 Å². The SMILES string of the molecule is COCCONC(=O)C(=O)Nc1ccc(C)cc1. The van der Waals surface area contributed by atoms with E-state index in [2.05, 4.69) is 5.32 Å². The van der Waals surface area contributed by atoms with E-state index in [4.69, 9.17) is 9.57 Å². The molecular formula is C12H16N2O4. The highest BCUT2D eigenvalue weighted by Crippen LogP contribution is 2.07. The summed E-state index contributed by atoms with van der Waals surface area (Å²) in [5.41, 5.74) is 3.64. The Bertz CT molecular complexity index is 403. The van der Waals surface area contributed by atoms with Crippen molar-refractivity contribution in [1.29, 1.82) is 0 Å². The number of anilines is 1. The van der Waals surface area contributed by atoms with E-state index in [0.29, 0.717) is 12.3 Å². The van der Waals surface area contributed by atoms with Crippen LogP contribution in [0, 0.1) is 6.92 Å². The number of hydrogen-bond acceptors (Lipinski definition) is 4. The summed E-state index contributed by atoms with van der Waals surface area (Å²) in [6, 6.07) is 7.10. The second-order valence-electron chi connectivity index (χ2n) is 3.59. The maximum Gasteiger partial charge on any atom is 0.333 e. The Labute approximate surface area is 105 Å². The highest BCUT2D eigenvalue weighted by atomic mass is 16.7. The Morgan fingerprint density at radius 2 is 1.78 bits per heavy atom. The van der Waals surface area contributed by atoms with Crippen LogP contribution in [-0.2, 0) is 19.2 Å². The van der Waals surface area contributed by atoms with Gasteiger partial charge in [0.1, 0.15) is 0 Å². The zero-order valence-corrected chi connectivity index (χ0v) is 10.4. The number of nitrogens with one attached hydrogen (secondary N) is 2. The molecule has 0 spiro atoms. The smallest absolute Gasteiger partial charge is 0.333 e. The van der Waals surface area contributed by atoms with E-state index in [1.54, 1.807) is 12.1 Å². The van der Waals surface area contributed by atoms with Gasteiger partial charge in [-0.2, -0.15) is 0 Å². The van der Waals surface area contributed by atoms with Gasteiger partial charge in [-0.15, -0.1) is 0 Å². The monoisotopic (exact) mass is 252 g/mol. The minimum Gasteiger partial charge on any atom is -0.382 e. The predicted molar refractivity (Wildman–Crippen MR) is 65.8 cm³/mol. The van der Waals surface area contributed by atoms with Crippen LogP contribution in [0.3, 0.4) is 0 Å². The van der Waals surface area contributed by atoms with Crippen molar-refractivity contribution in [3.05, 3.63) is 29.8 Å². The van der Waals surface area contributed by atoms with Gasteiger partial charge in [-0.1, -0.05) is 17.7 Å². The molecule has 0 atom stereocenters. The average Bonchev–Trinajstić information content (AvgIpc) is 2.37. The Kier molecular flexibility index (Phi) is 5.83. The quantitative estimate of drug-likeness (QED) is 0.458. The molecule has 0 aliphatic carbocycles. The van der Waals surface area contributed by atoms with Crippen molar-refractivity contribution in [2.24, 2.45) is 0 Å². The fourth-order valence-corrected chi connectivity index (χ4v) is 1.11. The van der Waals surface area contributed by atoms with Crippen molar-refractivity contribution in [3.8, 4) is 0 Å². The minimum atomic E-state index is -0.855. The van der Waals surface area contributed by atoms with Crippen LogP contribution in [0.2, 0.25) is 0 Å². The van der Waals surface area contributed by atoms with Crippen molar-refractivity contribution in [1.82, 2.24) is 5.48 Å². The highest BCUT2D eigenvalue weighted by molar-refractivity contribution is 6.39. The molecule has 0 fully saturated rings. The van der Waals surface area contributed by atoms with Crippen LogP contribution in [0.15, 0.2) is 24.3 Å². The van der Waals surface area contributed by atoms with Crippen LogP contribution in [0.1, 0.15) is 5.56 Å². The van der Waals surface area contributed by atoms with Gasteiger partial charge in [-0.05, 0) is 19.1 Å².